The Morgan fingerprint density at radius 3 is 2.32 bits per heavy atom. The maximum atomic E-state index is 11.4. The zero-order chi connectivity index (χ0) is 17.6. The van der Waals surface area contributed by atoms with Crippen LogP contribution in [-0.4, -0.2) is 21.4 Å². The third kappa shape index (κ3) is 2.56. The summed E-state index contributed by atoms with van der Waals surface area (Å²) in [5.41, 5.74) is 7.35. The Hall–Kier alpha value is -3.14. The number of nitrogens with zero attached hydrogens (tertiary/aromatic N) is 2. The first-order valence-corrected chi connectivity index (χ1v) is 8.23. The number of carboxylic acids is 1. The van der Waals surface area contributed by atoms with Gasteiger partial charge < -0.3 is 9.67 Å². The molecule has 124 valence electrons. The largest absolute Gasteiger partial charge is 0.478 e. The Morgan fingerprint density at radius 2 is 1.68 bits per heavy atom. The summed E-state index contributed by atoms with van der Waals surface area (Å²) in [5, 5.41) is 9.35. The van der Waals surface area contributed by atoms with Gasteiger partial charge in [0.2, 0.25) is 0 Å². The van der Waals surface area contributed by atoms with Crippen LogP contribution in [0.2, 0.25) is 0 Å². The van der Waals surface area contributed by atoms with Crippen molar-refractivity contribution in [3.63, 3.8) is 0 Å². The van der Waals surface area contributed by atoms with Crippen LogP contribution in [0.15, 0.2) is 59.6 Å². The third-order valence-electron chi connectivity index (χ3n) is 4.71. The van der Waals surface area contributed by atoms with E-state index in [1.54, 1.807) is 12.1 Å². The monoisotopic (exact) mass is 330 g/mol. The van der Waals surface area contributed by atoms with Crippen LogP contribution in [0.25, 0.3) is 5.69 Å². The Balaban J connectivity index is 1.66. The molecule has 0 radical (unpaired) electrons. The van der Waals surface area contributed by atoms with Crippen molar-refractivity contribution >= 4 is 17.4 Å². The molecule has 0 saturated carbocycles. The fraction of sp³-hybridized carbons (Fsp3) is 0.143. The molecule has 2 heterocycles. The zero-order valence-corrected chi connectivity index (χ0v) is 14.2. The number of aryl methyl sites for hydroxylation is 2. The van der Waals surface area contributed by atoms with Gasteiger partial charge >= 0.3 is 5.97 Å². The van der Waals surface area contributed by atoms with Gasteiger partial charge in [0.1, 0.15) is 0 Å². The van der Waals surface area contributed by atoms with Crippen molar-refractivity contribution < 1.29 is 9.90 Å². The van der Waals surface area contributed by atoms with Crippen molar-refractivity contribution in [3.05, 3.63) is 82.7 Å². The molecule has 25 heavy (non-hydrogen) atoms. The van der Waals surface area contributed by atoms with Crippen LogP contribution in [0, 0.1) is 13.8 Å². The second kappa shape index (κ2) is 5.74. The Morgan fingerprint density at radius 1 is 1.00 bits per heavy atom. The van der Waals surface area contributed by atoms with E-state index in [0.29, 0.717) is 12.0 Å². The predicted molar refractivity (Wildman–Crippen MR) is 98.5 cm³/mol. The SMILES string of the molecule is Cc1ccc(C)n1-c1ccc(C2=Nc3cccc(C(=O)O)c3C2)cc1. The molecule has 0 aliphatic carbocycles. The van der Waals surface area contributed by atoms with E-state index in [1.165, 1.54) is 11.4 Å². The lowest BCUT2D eigenvalue weighted by molar-refractivity contribution is 0.0696. The van der Waals surface area contributed by atoms with E-state index in [4.69, 9.17) is 0 Å². The number of benzene rings is 2. The highest BCUT2D eigenvalue weighted by Crippen LogP contribution is 2.31. The number of aromatic carboxylic acids is 1. The van der Waals surface area contributed by atoms with Gasteiger partial charge in [0.25, 0.3) is 0 Å². The van der Waals surface area contributed by atoms with Gasteiger partial charge in [0.05, 0.1) is 17.0 Å². The number of hydrogen-bond acceptors (Lipinski definition) is 2. The van der Waals surface area contributed by atoms with Crippen molar-refractivity contribution in [1.82, 2.24) is 4.57 Å². The summed E-state index contributed by atoms with van der Waals surface area (Å²) in [6.45, 7) is 4.18. The molecule has 0 spiro atoms. The fourth-order valence-electron chi connectivity index (χ4n) is 3.46. The fourth-order valence-corrected chi connectivity index (χ4v) is 3.46. The van der Waals surface area contributed by atoms with Crippen LogP contribution in [0.4, 0.5) is 5.69 Å². The number of carboxylic acid groups (broad SMARTS) is 1. The summed E-state index contributed by atoms with van der Waals surface area (Å²) in [4.78, 5) is 16.0. The second-order valence-corrected chi connectivity index (χ2v) is 6.34. The third-order valence-corrected chi connectivity index (χ3v) is 4.71. The lowest BCUT2D eigenvalue weighted by atomic mass is 10.00. The Labute approximate surface area is 146 Å². The first-order valence-electron chi connectivity index (χ1n) is 8.23. The molecule has 4 heteroatoms. The van der Waals surface area contributed by atoms with Gasteiger partial charge in [-0.3, -0.25) is 4.99 Å². The summed E-state index contributed by atoms with van der Waals surface area (Å²) in [7, 11) is 0. The van der Waals surface area contributed by atoms with Gasteiger partial charge in [-0.2, -0.15) is 0 Å². The summed E-state index contributed by atoms with van der Waals surface area (Å²) in [5.74, 6) is -0.901. The van der Waals surface area contributed by atoms with E-state index in [9.17, 15) is 9.90 Å². The highest BCUT2D eigenvalue weighted by Gasteiger charge is 2.21. The molecule has 1 aliphatic rings. The Bertz CT molecular complexity index is 991. The molecule has 0 fully saturated rings. The van der Waals surface area contributed by atoms with E-state index in [2.05, 4.69) is 59.8 Å². The maximum Gasteiger partial charge on any atom is 0.336 e. The van der Waals surface area contributed by atoms with Crippen LogP contribution in [0.1, 0.15) is 32.9 Å². The van der Waals surface area contributed by atoms with Crippen LogP contribution in [0.3, 0.4) is 0 Å². The molecule has 3 aromatic rings. The molecule has 0 bridgehead atoms. The highest BCUT2D eigenvalue weighted by atomic mass is 16.4. The molecular formula is C21H18N2O2. The normalized spacial score (nSPS) is 12.8. The lowest BCUT2D eigenvalue weighted by Crippen LogP contribution is -2.06. The number of rotatable bonds is 3. The minimum Gasteiger partial charge on any atom is -0.478 e. The molecule has 0 amide bonds. The number of aliphatic imine (C=N–C) groups is 1. The van der Waals surface area contributed by atoms with E-state index in [-0.39, 0.29) is 0 Å². The van der Waals surface area contributed by atoms with Gasteiger partial charge in [-0.05, 0) is 61.4 Å². The summed E-state index contributed by atoms with van der Waals surface area (Å²) < 4.78 is 2.21. The number of aromatic nitrogens is 1. The summed E-state index contributed by atoms with van der Waals surface area (Å²) >= 11 is 0. The van der Waals surface area contributed by atoms with E-state index in [0.717, 1.165) is 28.2 Å². The maximum absolute atomic E-state index is 11.4. The molecule has 2 aromatic carbocycles. The highest BCUT2D eigenvalue weighted by molar-refractivity contribution is 6.08. The van der Waals surface area contributed by atoms with Crippen molar-refractivity contribution in [2.75, 3.05) is 0 Å². The van der Waals surface area contributed by atoms with E-state index >= 15 is 0 Å². The molecule has 4 nitrogen and oxygen atoms in total. The van der Waals surface area contributed by atoms with Crippen LogP contribution in [0.5, 0.6) is 0 Å². The first-order chi connectivity index (χ1) is 12.0. The summed E-state index contributed by atoms with van der Waals surface area (Å²) in [6.07, 6.45) is 0.554. The van der Waals surface area contributed by atoms with Crippen molar-refractivity contribution in [2.45, 2.75) is 20.3 Å². The Kier molecular flexibility index (Phi) is 3.53. The molecule has 0 atom stereocenters. The van der Waals surface area contributed by atoms with Gasteiger partial charge in [0, 0.05) is 23.5 Å². The predicted octanol–water partition coefficient (Wildman–Crippen LogP) is 4.47. The summed E-state index contributed by atoms with van der Waals surface area (Å²) in [6, 6.07) is 17.7. The smallest absolute Gasteiger partial charge is 0.336 e. The minimum atomic E-state index is -0.901. The van der Waals surface area contributed by atoms with Crippen LogP contribution >= 0.6 is 0 Å². The molecule has 1 aromatic heterocycles. The second-order valence-electron chi connectivity index (χ2n) is 6.34. The average Bonchev–Trinajstić information content (AvgIpc) is 3.18. The quantitative estimate of drug-likeness (QED) is 0.770. The topological polar surface area (TPSA) is 54.6 Å². The average molecular weight is 330 g/mol. The van der Waals surface area contributed by atoms with Crippen molar-refractivity contribution in [2.24, 2.45) is 4.99 Å². The number of carbonyl (C=O) groups is 1. The molecule has 1 N–H and O–H groups in total. The van der Waals surface area contributed by atoms with E-state index < -0.39 is 5.97 Å². The van der Waals surface area contributed by atoms with Gasteiger partial charge in [-0.1, -0.05) is 18.2 Å². The standard InChI is InChI=1S/C21H18N2O2/c1-13-6-7-14(2)23(13)16-10-8-15(9-11-16)20-12-18-17(21(24)25)4-3-5-19(18)22-20/h3-11H,12H2,1-2H3,(H,24,25). The number of fused-ring (bicyclic) bond motifs is 1. The number of hydrogen-bond donors (Lipinski definition) is 1. The van der Waals surface area contributed by atoms with Gasteiger partial charge in [0.15, 0.2) is 0 Å². The zero-order valence-electron chi connectivity index (χ0n) is 14.2. The molecular weight excluding hydrogens is 312 g/mol. The van der Waals surface area contributed by atoms with E-state index in [1.807, 2.05) is 6.07 Å². The van der Waals surface area contributed by atoms with Crippen LogP contribution < -0.4 is 0 Å². The molecule has 4 rings (SSSR count). The molecule has 1 aliphatic heterocycles. The lowest BCUT2D eigenvalue weighted by Gasteiger charge is -2.10. The minimum absolute atomic E-state index is 0.339. The van der Waals surface area contributed by atoms with Gasteiger partial charge in [-0.25, -0.2) is 4.79 Å². The van der Waals surface area contributed by atoms with Crippen molar-refractivity contribution in [1.29, 1.82) is 0 Å². The van der Waals surface area contributed by atoms with Gasteiger partial charge in [-0.15, -0.1) is 0 Å². The molecule has 0 unspecified atom stereocenters. The van der Waals surface area contributed by atoms with Crippen molar-refractivity contribution in [3.8, 4) is 5.69 Å². The first kappa shape index (κ1) is 15.4. The van der Waals surface area contributed by atoms with Crippen LogP contribution in [-0.2, 0) is 6.42 Å². The molecule has 0 saturated heterocycles.